The van der Waals surface area contributed by atoms with Crippen LogP contribution in [0.2, 0.25) is 0 Å². The van der Waals surface area contributed by atoms with Gasteiger partial charge in [0.15, 0.2) is 0 Å². The molecule has 4 heteroatoms. The number of ketones is 1. The van der Waals surface area contributed by atoms with Crippen molar-refractivity contribution in [3.63, 3.8) is 0 Å². The van der Waals surface area contributed by atoms with Gasteiger partial charge in [-0.25, -0.2) is 0 Å². The Balaban J connectivity index is 1.99. The van der Waals surface area contributed by atoms with Gasteiger partial charge in [-0.2, -0.15) is 0 Å². The van der Waals surface area contributed by atoms with Gasteiger partial charge in [-0.1, -0.05) is 46.5 Å². The highest BCUT2D eigenvalue weighted by molar-refractivity contribution is 5.81. The first kappa shape index (κ1) is 22.8. The SMILES string of the molecule is CCCCCCC(C)c1cc(OC(=O)CC)c2c(c1)OC(C)(C)C1CCC(=O)CC21. The van der Waals surface area contributed by atoms with E-state index in [1.165, 1.54) is 25.7 Å². The van der Waals surface area contributed by atoms with Crippen LogP contribution in [0.25, 0.3) is 0 Å². The summed E-state index contributed by atoms with van der Waals surface area (Å²) >= 11 is 0. The van der Waals surface area contributed by atoms with Crippen molar-refractivity contribution in [2.75, 3.05) is 0 Å². The second-order valence-electron chi connectivity index (χ2n) is 9.71. The van der Waals surface area contributed by atoms with Crippen LogP contribution in [0, 0.1) is 5.92 Å². The summed E-state index contributed by atoms with van der Waals surface area (Å²) < 4.78 is 12.3. The van der Waals surface area contributed by atoms with Crippen LogP contribution >= 0.6 is 0 Å². The van der Waals surface area contributed by atoms with Crippen LogP contribution in [-0.2, 0) is 9.59 Å². The third-order valence-electron chi connectivity index (χ3n) is 7.00. The van der Waals surface area contributed by atoms with Crippen molar-refractivity contribution < 1.29 is 19.1 Å². The maximum Gasteiger partial charge on any atom is 0.310 e. The molecule has 1 heterocycles. The lowest BCUT2D eigenvalue weighted by atomic mass is 9.66. The lowest BCUT2D eigenvalue weighted by Gasteiger charge is -2.47. The fourth-order valence-electron chi connectivity index (χ4n) is 5.18. The number of unbranched alkanes of at least 4 members (excludes halogenated alkanes) is 3. The van der Waals surface area contributed by atoms with Gasteiger partial charge in [-0.15, -0.1) is 0 Å². The van der Waals surface area contributed by atoms with Crippen LogP contribution in [-0.4, -0.2) is 17.4 Å². The largest absolute Gasteiger partial charge is 0.487 e. The maximum absolute atomic E-state index is 12.3. The van der Waals surface area contributed by atoms with E-state index in [0.29, 0.717) is 36.7 Å². The average molecular weight is 415 g/mol. The molecule has 0 spiro atoms. The molecule has 2 aliphatic rings. The molecule has 30 heavy (non-hydrogen) atoms. The first-order chi connectivity index (χ1) is 14.3. The Bertz CT molecular complexity index is 779. The summed E-state index contributed by atoms with van der Waals surface area (Å²) in [6.45, 7) is 10.5. The van der Waals surface area contributed by atoms with E-state index in [9.17, 15) is 9.59 Å². The number of ether oxygens (including phenoxy) is 2. The normalized spacial score (nSPS) is 23.2. The smallest absolute Gasteiger partial charge is 0.310 e. The van der Waals surface area contributed by atoms with E-state index in [1.807, 2.05) is 13.0 Å². The van der Waals surface area contributed by atoms with E-state index < -0.39 is 0 Å². The molecular formula is C26H38O4. The number of Topliss-reactive ketones (excluding diaryl/α,β-unsaturated/α-hetero) is 1. The Morgan fingerprint density at radius 1 is 1.23 bits per heavy atom. The van der Waals surface area contributed by atoms with E-state index in [1.54, 1.807) is 0 Å². The van der Waals surface area contributed by atoms with Gasteiger partial charge in [0.1, 0.15) is 22.9 Å². The Labute approximate surface area is 181 Å². The Hall–Kier alpha value is -1.84. The van der Waals surface area contributed by atoms with Gasteiger partial charge in [0.2, 0.25) is 0 Å². The third-order valence-corrected chi connectivity index (χ3v) is 7.00. The predicted octanol–water partition coefficient (Wildman–Crippen LogP) is 6.70. The summed E-state index contributed by atoms with van der Waals surface area (Å²) in [5.74, 6) is 2.12. The van der Waals surface area contributed by atoms with Gasteiger partial charge < -0.3 is 9.47 Å². The van der Waals surface area contributed by atoms with E-state index in [4.69, 9.17) is 9.47 Å². The van der Waals surface area contributed by atoms with Crippen molar-refractivity contribution in [3.8, 4) is 11.5 Å². The number of hydrogen-bond donors (Lipinski definition) is 0. The van der Waals surface area contributed by atoms with Gasteiger partial charge in [0.25, 0.3) is 0 Å². The minimum atomic E-state index is -0.340. The molecule has 166 valence electrons. The molecule has 0 bridgehead atoms. The zero-order valence-electron chi connectivity index (χ0n) is 19.4. The van der Waals surface area contributed by atoms with Gasteiger partial charge in [0.05, 0.1) is 0 Å². The molecule has 3 atom stereocenters. The Morgan fingerprint density at radius 2 is 2.00 bits per heavy atom. The van der Waals surface area contributed by atoms with Crippen LogP contribution in [0.3, 0.4) is 0 Å². The number of benzene rings is 1. The van der Waals surface area contributed by atoms with E-state index in [2.05, 4.69) is 33.8 Å². The van der Waals surface area contributed by atoms with Crippen molar-refractivity contribution in [2.45, 2.75) is 110 Å². The molecular weight excluding hydrogens is 376 g/mol. The molecule has 3 rings (SSSR count). The minimum absolute atomic E-state index is 0.0542. The third kappa shape index (κ3) is 4.90. The lowest BCUT2D eigenvalue weighted by molar-refractivity contribution is -0.134. The van der Waals surface area contributed by atoms with Crippen LogP contribution in [0.15, 0.2) is 12.1 Å². The molecule has 1 fully saturated rings. The van der Waals surface area contributed by atoms with E-state index in [-0.39, 0.29) is 23.4 Å². The van der Waals surface area contributed by atoms with Gasteiger partial charge in [-0.05, 0) is 50.3 Å². The highest BCUT2D eigenvalue weighted by Gasteiger charge is 2.48. The topological polar surface area (TPSA) is 52.6 Å². The molecule has 0 saturated heterocycles. The molecule has 3 unspecified atom stereocenters. The van der Waals surface area contributed by atoms with Crippen molar-refractivity contribution in [2.24, 2.45) is 5.92 Å². The zero-order chi connectivity index (χ0) is 21.9. The van der Waals surface area contributed by atoms with E-state index >= 15 is 0 Å². The summed E-state index contributed by atoms with van der Waals surface area (Å²) in [5, 5.41) is 0. The van der Waals surface area contributed by atoms with E-state index in [0.717, 1.165) is 29.7 Å². The molecule has 1 aliphatic heterocycles. The standard InChI is InChI=1S/C26H38O4/c1-6-8-9-10-11-17(3)18-14-22(29-24(28)7-2)25-20-16-19(27)12-13-21(20)26(4,5)30-23(25)15-18/h14-15,17,20-21H,6-13,16H2,1-5H3. The van der Waals surface area contributed by atoms with Crippen LogP contribution in [0.4, 0.5) is 0 Å². The summed E-state index contributed by atoms with van der Waals surface area (Å²) in [4.78, 5) is 24.5. The zero-order valence-corrected chi connectivity index (χ0v) is 19.4. The number of rotatable bonds is 8. The molecule has 1 saturated carbocycles. The molecule has 0 radical (unpaired) electrons. The highest BCUT2D eigenvalue weighted by atomic mass is 16.5. The highest BCUT2D eigenvalue weighted by Crippen LogP contribution is 2.54. The monoisotopic (exact) mass is 414 g/mol. The van der Waals surface area contributed by atoms with Gasteiger partial charge >= 0.3 is 5.97 Å². The Morgan fingerprint density at radius 3 is 2.70 bits per heavy atom. The molecule has 4 nitrogen and oxygen atoms in total. The summed E-state index contributed by atoms with van der Waals surface area (Å²) in [6, 6.07) is 4.18. The second-order valence-corrected chi connectivity index (χ2v) is 9.71. The molecule has 0 N–H and O–H groups in total. The predicted molar refractivity (Wildman–Crippen MR) is 119 cm³/mol. The summed E-state index contributed by atoms with van der Waals surface area (Å²) in [6.07, 6.45) is 8.32. The molecule has 0 amide bonds. The first-order valence-electron chi connectivity index (χ1n) is 11.9. The van der Waals surface area contributed by atoms with Crippen LogP contribution in [0.1, 0.15) is 115 Å². The second kappa shape index (κ2) is 9.53. The molecule has 1 aromatic carbocycles. The maximum atomic E-state index is 12.3. The fourth-order valence-corrected chi connectivity index (χ4v) is 5.18. The Kier molecular flexibility index (Phi) is 7.26. The number of esters is 1. The van der Waals surface area contributed by atoms with Crippen LogP contribution in [0.5, 0.6) is 11.5 Å². The summed E-state index contributed by atoms with van der Waals surface area (Å²) in [7, 11) is 0. The molecule has 1 aliphatic carbocycles. The average Bonchev–Trinajstić information content (AvgIpc) is 2.69. The number of carbonyl (C=O) groups excluding carboxylic acids is 2. The number of hydrogen-bond acceptors (Lipinski definition) is 4. The molecule has 1 aromatic rings. The van der Waals surface area contributed by atoms with Crippen LogP contribution < -0.4 is 9.47 Å². The lowest BCUT2D eigenvalue weighted by Crippen LogP contribution is -2.47. The van der Waals surface area contributed by atoms with Crippen molar-refractivity contribution in [1.29, 1.82) is 0 Å². The van der Waals surface area contributed by atoms with Crippen molar-refractivity contribution in [3.05, 3.63) is 23.3 Å². The minimum Gasteiger partial charge on any atom is -0.487 e. The molecule has 0 aromatic heterocycles. The summed E-state index contributed by atoms with van der Waals surface area (Å²) in [5.41, 5.74) is 1.74. The van der Waals surface area contributed by atoms with Gasteiger partial charge in [-0.3, -0.25) is 9.59 Å². The number of carbonyl (C=O) groups is 2. The number of fused-ring (bicyclic) bond motifs is 3. The first-order valence-corrected chi connectivity index (χ1v) is 11.9. The fraction of sp³-hybridized carbons (Fsp3) is 0.692. The quantitative estimate of drug-likeness (QED) is 0.270. The van der Waals surface area contributed by atoms with Crippen molar-refractivity contribution in [1.82, 2.24) is 0 Å². The van der Waals surface area contributed by atoms with Gasteiger partial charge in [0, 0.05) is 36.7 Å². The van der Waals surface area contributed by atoms with Crippen molar-refractivity contribution >= 4 is 11.8 Å².